The van der Waals surface area contributed by atoms with Gasteiger partial charge >= 0.3 is 6.09 Å². The van der Waals surface area contributed by atoms with Crippen LogP contribution in [0.3, 0.4) is 0 Å². The zero-order chi connectivity index (χ0) is 46.8. The first-order valence-electron chi connectivity index (χ1n) is 22.4. The summed E-state index contributed by atoms with van der Waals surface area (Å²) in [5.74, 6) is 0.435. The Morgan fingerprint density at radius 2 is 1.48 bits per heavy atom. The summed E-state index contributed by atoms with van der Waals surface area (Å²) < 4.78 is 42.6. The molecule has 15 heteroatoms. The van der Waals surface area contributed by atoms with E-state index in [0.717, 1.165) is 38.9 Å². The van der Waals surface area contributed by atoms with Gasteiger partial charge in [0.25, 0.3) is 0 Å². The Bertz CT molecular complexity index is 2630. The fourth-order valence-electron chi connectivity index (χ4n) is 8.60. The second-order valence-electron chi connectivity index (χ2n) is 17.1. The van der Waals surface area contributed by atoms with E-state index in [1.165, 1.54) is 23.5 Å². The van der Waals surface area contributed by atoms with Crippen LogP contribution in [0.5, 0.6) is 5.75 Å². The Hall–Kier alpha value is -6.10. The molecule has 0 saturated heterocycles. The number of fused-ring (bicyclic) bond motifs is 4. The van der Waals surface area contributed by atoms with Crippen LogP contribution in [-0.4, -0.2) is 114 Å². The predicted octanol–water partition coefficient (Wildman–Crippen LogP) is 6.11. The summed E-state index contributed by atoms with van der Waals surface area (Å²) in [5, 5.41) is 28.3. The second-order valence-corrected chi connectivity index (χ2v) is 19.0. The molecule has 1 heterocycles. The van der Waals surface area contributed by atoms with Gasteiger partial charge in [0.1, 0.15) is 18.2 Å². The van der Waals surface area contributed by atoms with Crippen LogP contribution >= 0.6 is 0 Å². The minimum atomic E-state index is -4.06. The number of nitrogens with zero attached hydrogens (tertiary/aromatic N) is 4. The molecule has 1 aliphatic carbocycles. The Morgan fingerprint density at radius 1 is 0.848 bits per heavy atom. The average molecular weight is 917 g/mol. The van der Waals surface area contributed by atoms with Gasteiger partial charge in [0.2, 0.25) is 15.9 Å². The predicted molar refractivity (Wildman–Crippen MR) is 254 cm³/mol. The molecule has 5 aromatic carbocycles. The highest BCUT2D eigenvalue weighted by Crippen LogP contribution is 2.44. The minimum Gasteiger partial charge on any atom is -0.497 e. The van der Waals surface area contributed by atoms with Crippen LogP contribution in [-0.2, 0) is 39.6 Å². The van der Waals surface area contributed by atoms with Crippen molar-refractivity contribution in [2.75, 3.05) is 46.5 Å². The Balaban J connectivity index is 1.07. The summed E-state index contributed by atoms with van der Waals surface area (Å²) >= 11 is 0. The van der Waals surface area contributed by atoms with Gasteiger partial charge in [-0.15, -0.1) is 0 Å². The van der Waals surface area contributed by atoms with Gasteiger partial charge in [-0.05, 0) is 83.0 Å². The number of carbonyl (C=O) groups is 2. The number of para-hydroxylation sites is 2. The molecular weight excluding hydrogens is 857 g/mol. The van der Waals surface area contributed by atoms with E-state index in [-0.39, 0.29) is 75.5 Å². The number of amides is 2. The summed E-state index contributed by atoms with van der Waals surface area (Å²) in [6.07, 6.45) is -1.64. The van der Waals surface area contributed by atoms with Crippen molar-refractivity contribution >= 4 is 33.1 Å². The van der Waals surface area contributed by atoms with Crippen molar-refractivity contribution in [2.24, 2.45) is 13.0 Å². The number of benzene rings is 5. The van der Waals surface area contributed by atoms with Crippen molar-refractivity contribution in [1.82, 2.24) is 29.4 Å². The molecule has 14 nitrogen and oxygen atoms in total. The number of aliphatic hydroxyl groups excluding tert-OH is 2. The summed E-state index contributed by atoms with van der Waals surface area (Å²) in [5.41, 5.74) is 6.95. The molecule has 348 valence electrons. The molecule has 6 aromatic rings. The van der Waals surface area contributed by atoms with E-state index in [9.17, 15) is 28.2 Å². The van der Waals surface area contributed by atoms with E-state index in [1.54, 1.807) is 17.0 Å². The summed E-state index contributed by atoms with van der Waals surface area (Å²) in [6, 6.07) is 37.5. The van der Waals surface area contributed by atoms with Crippen LogP contribution in [0, 0.1) is 5.92 Å². The number of methoxy groups -OCH3 is 1. The van der Waals surface area contributed by atoms with Gasteiger partial charge in [0.15, 0.2) is 0 Å². The number of aryl methyl sites for hydroxylation is 1. The molecule has 2 amide bonds. The van der Waals surface area contributed by atoms with E-state index in [2.05, 4.69) is 34.9 Å². The van der Waals surface area contributed by atoms with Crippen LogP contribution < -0.4 is 15.4 Å². The number of carbonyl (C=O) groups excluding carboxylic acids is 2. The Morgan fingerprint density at radius 3 is 2.12 bits per heavy atom. The lowest BCUT2D eigenvalue weighted by Crippen LogP contribution is -2.55. The largest absolute Gasteiger partial charge is 0.497 e. The zero-order valence-corrected chi connectivity index (χ0v) is 38.7. The minimum absolute atomic E-state index is 0.0288. The maximum absolute atomic E-state index is 14.2. The molecule has 3 atom stereocenters. The molecule has 0 spiro atoms. The lowest BCUT2D eigenvalue weighted by Gasteiger charge is -2.32. The molecule has 0 unspecified atom stereocenters. The van der Waals surface area contributed by atoms with E-state index in [0.29, 0.717) is 11.6 Å². The monoisotopic (exact) mass is 916 g/mol. The molecule has 66 heavy (non-hydrogen) atoms. The van der Waals surface area contributed by atoms with Gasteiger partial charge in [0, 0.05) is 45.8 Å². The third-order valence-electron chi connectivity index (χ3n) is 12.1. The normalized spacial score (nSPS) is 13.9. The first-order chi connectivity index (χ1) is 31.9. The van der Waals surface area contributed by atoms with Gasteiger partial charge in [-0.1, -0.05) is 105 Å². The van der Waals surface area contributed by atoms with Gasteiger partial charge in [0.05, 0.1) is 47.8 Å². The number of rotatable bonds is 22. The quantitative estimate of drug-likeness (QED) is 0.0622. The van der Waals surface area contributed by atoms with Gasteiger partial charge in [-0.2, -0.15) is 4.31 Å². The number of sulfonamides is 1. The highest BCUT2D eigenvalue weighted by molar-refractivity contribution is 7.89. The molecule has 0 bridgehead atoms. The smallest absolute Gasteiger partial charge is 0.410 e. The van der Waals surface area contributed by atoms with E-state index in [4.69, 9.17) is 14.5 Å². The van der Waals surface area contributed by atoms with Crippen LogP contribution in [0.4, 0.5) is 4.79 Å². The third-order valence-corrected chi connectivity index (χ3v) is 13.9. The maximum atomic E-state index is 14.2. The molecule has 1 aliphatic rings. The summed E-state index contributed by atoms with van der Waals surface area (Å²) in [6.45, 7) is 3.80. The van der Waals surface area contributed by atoms with Gasteiger partial charge in [-0.25, -0.2) is 18.2 Å². The molecule has 0 fully saturated rings. The van der Waals surface area contributed by atoms with Crippen LogP contribution in [0.2, 0.25) is 0 Å². The van der Waals surface area contributed by atoms with Gasteiger partial charge in [-0.3, -0.25) is 9.69 Å². The SMILES string of the molecule is COc1ccc(S(=O)(=O)N(CC(C)C)C[C@@H](O)[C@H](Cc2ccccc2)NC(=O)[C@H](CCO)NCCN(Cc2nc3ccccc3n2C)C(=O)OCC2c3ccccc3-c3ccccc32)cc1. The van der Waals surface area contributed by atoms with Crippen molar-refractivity contribution in [3.63, 3.8) is 0 Å². The van der Waals surface area contributed by atoms with Gasteiger partial charge < -0.3 is 34.9 Å². The highest BCUT2D eigenvalue weighted by Gasteiger charge is 2.34. The van der Waals surface area contributed by atoms with Crippen LogP contribution in [0.1, 0.15) is 48.7 Å². The molecule has 0 saturated carbocycles. The van der Waals surface area contributed by atoms with Crippen LogP contribution in [0.15, 0.2) is 132 Å². The van der Waals surface area contributed by atoms with Crippen LogP contribution in [0.25, 0.3) is 22.2 Å². The zero-order valence-electron chi connectivity index (χ0n) is 37.9. The molecule has 7 rings (SSSR count). The topological polar surface area (TPSA) is 176 Å². The number of nitrogens with one attached hydrogen (secondary N) is 2. The Kier molecular flexibility index (Phi) is 15.9. The van der Waals surface area contributed by atoms with Crippen molar-refractivity contribution in [1.29, 1.82) is 0 Å². The third kappa shape index (κ3) is 11.3. The second kappa shape index (κ2) is 21.9. The maximum Gasteiger partial charge on any atom is 0.410 e. The highest BCUT2D eigenvalue weighted by atomic mass is 32.2. The Labute approximate surface area is 387 Å². The molecular formula is C51H60N6O8S. The number of aromatic nitrogens is 2. The number of hydrogen-bond donors (Lipinski definition) is 4. The summed E-state index contributed by atoms with van der Waals surface area (Å²) in [4.78, 5) is 34.8. The fraction of sp³-hybridized carbons (Fsp3) is 0.353. The standard InChI is InChI=1S/C51H60N6O8S/c1-35(2)31-57(66(62,63)38-24-22-37(64-4)23-25-38)32-48(59)46(30-36-14-6-5-7-15-36)54-50(60)45(26-29-58)52-27-28-56(33-49-53-44-20-12-13-21-47(44)55(49)3)51(61)65-34-43-41-18-10-8-16-39(41)40-17-9-11-19-42(40)43/h5-25,35,43,45-46,48,52,58-59H,26-34H2,1-4H3,(H,54,60)/t45-,46-,48+/m0/s1. The molecule has 1 aromatic heterocycles. The van der Waals surface area contributed by atoms with E-state index in [1.807, 2.05) is 104 Å². The summed E-state index contributed by atoms with van der Waals surface area (Å²) in [7, 11) is -0.661. The van der Waals surface area contributed by atoms with Crippen molar-refractivity contribution in [3.8, 4) is 16.9 Å². The first kappa shape index (κ1) is 47.9. The van der Waals surface area contributed by atoms with Crippen molar-refractivity contribution in [3.05, 3.63) is 150 Å². The van der Waals surface area contributed by atoms with Crippen molar-refractivity contribution in [2.45, 2.75) is 62.2 Å². The lowest BCUT2D eigenvalue weighted by atomic mass is 9.98. The number of ether oxygens (including phenoxy) is 2. The molecule has 0 radical (unpaired) electrons. The molecule has 4 N–H and O–H groups in total. The fourth-order valence-corrected chi connectivity index (χ4v) is 10.2. The number of aliphatic hydroxyl groups is 2. The number of imidazole rings is 1. The first-order valence-corrected chi connectivity index (χ1v) is 23.8. The van der Waals surface area contributed by atoms with Crippen molar-refractivity contribution < 1.29 is 37.7 Å². The van der Waals surface area contributed by atoms with E-state index >= 15 is 0 Å². The molecule has 0 aliphatic heterocycles. The lowest BCUT2D eigenvalue weighted by molar-refractivity contribution is -0.125. The number of hydrogen-bond acceptors (Lipinski definition) is 10. The van der Waals surface area contributed by atoms with E-state index < -0.39 is 40.2 Å². The average Bonchev–Trinajstić information content (AvgIpc) is 3.82.